The van der Waals surface area contributed by atoms with Crippen LogP contribution in [0.1, 0.15) is 194 Å². The third kappa shape index (κ3) is 39.8. The van der Waals surface area contributed by atoms with Crippen molar-refractivity contribution >= 4 is 11.9 Å². The van der Waals surface area contributed by atoms with E-state index in [1.807, 2.05) is 0 Å². The van der Waals surface area contributed by atoms with Crippen LogP contribution in [0.2, 0.25) is 0 Å². The summed E-state index contributed by atoms with van der Waals surface area (Å²) < 4.78 is 22.9. The number of allylic oxidation sites excluding steroid dienone is 4. The first kappa shape index (κ1) is 51.3. The second-order valence-electron chi connectivity index (χ2n) is 14.5. The topological polar surface area (TPSA) is 94.5 Å². The third-order valence-corrected chi connectivity index (χ3v) is 9.44. The molecule has 0 radical (unpaired) electrons. The Labute approximate surface area is 327 Å². The van der Waals surface area contributed by atoms with Gasteiger partial charge in [-0.15, -0.1) is 0 Å². The molecule has 53 heavy (non-hydrogen) atoms. The number of rotatable bonds is 42. The summed E-state index contributed by atoms with van der Waals surface area (Å²) in [7, 11) is 0. The van der Waals surface area contributed by atoms with Crippen molar-refractivity contribution in [3.8, 4) is 0 Å². The predicted octanol–water partition coefficient (Wildman–Crippen LogP) is 11.4. The van der Waals surface area contributed by atoms with Crippen LogP contribution in [0.4, 0.5) is 0 Å². The van der Waals surface area contributed by atoms with E-state index in [1.54, 1.807) is 0 Å². The van der Waals surface area contributed by atoms with E-state index >= 15 is 0 Å². The van der Waals surface area contributed by atoms with Gasteiger partial charge in [-0.05, 0) is 96.6 Å². The first-order valence-electron chi connectivity index (χ1n) is 22.2. The van der Waals surface area contributed by atoms with Gasteiger partial charge in [-0.1, -0.05) is 116 Å². The van der Waals surface area contributed by atoms with Crippen LogP contribution < -0.4 is 0 Å². The average molecular weight is 752 g/mol. The second kappa shape index (κ2) is 43.0. The zero-order chi connectivity index (χ0) is 38.7. The van der Waals surface area contributed by atoms with Gasteiger partial charge in [0.25, 0.3) is 0 Å². The van der Waals surface area contributed by atoms with Crippen LogP contribution in [0.25, 0.3) is 0 Å². The van der Waals surface area contributed by atoms with Crippen LogP contribution in [-0.4, -0.2) is 80.9 Å². The molecule has 0 fully saturated rings. The van der Waals surface area contributed by atoms with E-state index in [0.29, 0.717) is 45.7 Å². The number of hydrogen-bond donors (Lipinski definition) is 1. The Bertz CT molecular complexity index is 810. The lowest BCUT2D eigenvalue weighted by atomic mass is 10.1. The number of ether oxygens (including phenoxy) is 4. The van der Waals surface area contributed by atoms with Gasteiger partial charge in [-0.2, -0.15) is 0 Å². The van der Waals surface area contributed by atoms with Crippen molar-refractivity contribution in [3.05, 3.63) is 24.3 Å². The van der Waals surface area contributed by atoms with E-state index in [9.17, 15) is 14.7 Å². The van der Waals surface area contributed by atoms with Crippen molar-refractivity contribution in [2.75, 3.05) is 52.7 Å². The molecule has 0 amide bonds. The van der Waals surface area contributed by atoms with Gasteiger partial charge in [0.2, 0.25) is 0 Å². The Balaban J connectivity index is 3.97. The van der Waals surface area contributed by atoms with Gasteiger partial charge in [-0.25, -0.2) is 0 Å². The lowest BCUT2D eigenvalue weighted by Gasteiger charge is -2.21. The van der Waals surface area contributed by atoms with E-state index in [2.05, 4.69) is 50.0 Å². The summed E-state index contributed by atoms with van der Waals surface area (Å²) in [6.07, 6.45) is 36.4. The minimum Gasteiger partial charge on any atom is -0.466 e. The molecule has 0 heterocycles. The first-order valence-corrected chi connectivity index (χ1v) is 22.2. The van der Waals surface area contributed by atoms with Gasteiger partial charge < -0.3 is 29.0 Å². The number of hydrogen-bond acceptors (Lipinski definition) is 8. The highest BCUT2D eigenvalue weighted by Crippen LogP contribution is 2.13. The minimum absolute atomic E-state index is 0.0334. The van der Waals surface area contributed by atoms with Crippen LogP contribution >= 0.6 is 0 Å². The first-order chi connectivity index (χ1) is 26.1. The summed E-state index contributed by atoms with van der Waals surface area (Å²) in [6, 6.07) is 0. The molecule has 8 heteroatoms. The summed E-state index contributed by atoms with van der Waals surface area (Å²) in [4.78, 5) is 26.7. The maximum Gasteiger partial charge on any atom is 0.305 e. The highest BCUT2D eigenvalue weighted by Gasteiger charge is 2.13. The maximum absolute atomic E-state index is 12.5. The molecule has 1 N–H and O–H groups in total. The molecule has 8 nitrogen and oxygen atoms in total. The molecule has 0 aliphatic carbocycles. The van der Waals surface area contributed by atoms with Crippen LogP contribution in [-0.2, 0) is 28.5 Å². The molecule has 0 aromatic carbocycles. The predicted molar refractivity (Wildman–Crippen MR) is 221 cm³/mol. The normalized spacial score (nSPS) is 11.9. The van der Waals surface area contributed by atoms with Crippen molar-refractivity contribution in [3.63, 3.8) is 0 Å². The molecule has 0 unspecified atom stereocenters. The fourth-order valence-corrected chi connectivity index (χ4v) is 6.16. The van der Waals surface area contributed by atoms with Crippen molar-refractivity contribution < 1.29 is 33.6 Å². The molecule has 0 rings (SSSR count). The zero-order valence-corrected chi connectivity index (χ0v) is 35.0. The number of carbonyl (C=O) groups is 2. The number of esters is 2. The summed E-state index contributed by atoms with van der Waals surface area (Å²) in [5.74, 6) is -0.205. The smallest absolute Gasteiger partial charge is 0.305 e. The molecule has 0 saturated heterocycles. The van der Waals surface area contributed by atoms with Gasteiger partial charge in [0.05, 0.1) is 26.2 Å². The largest absolute Gasteiger partial charge is 0.466 e. The number of aliphatic hydroxyl groups excluding tert-OH is 1. The van der Waals surface area contributed by atoms with Gasteiger partial charge in [-0.3, -0.25) is 9.59 Å². The van der Waals surface area contributed by atoms with Crippen LogP contribution in [0, 0.1) is 0 Å². The second-order valence-corrected chi connectivity index (χ2v) is 14.5. The van der Waals surface area contributed by atoms with Crippen molar-refractivity contribution in [1.82, 2.24) is 4.90 Å². The summed E-state index contributed by atoms with van der Waals surface area (Å²) in [6.45, 7) is 11.8. The van der Waals surface area contributed by atoms with E-state index in [1.165, 1.54) is 44.9 Å². The van der Waals surface area contributed by atoms with Crippen molar-refractivity contribution in [2.24, 2.45) is 0 Å². The molecule has 0 spiro atoms. The Morgan fingerprint density at radius 2 is 0.962 bits per heavy atom. The minimum atomic E-state index is -0.357. The Kier molecular flexibility index (Phi) is 41.6. The van der Waals surface area contributed by atoms with Gasteiger partial charge in [0.15, 0.2) is 6.29 Å². The molecule has 0 aliphatic rings. The van der Waals surface area contributed by atoms with Gasteiger partial charge >= 0.3 is 11.9 Å². The van der Waals surface area contributed by atoms with Crippen LogP contribution in [0.5, 0.6) is 0 Å². The Hall–Kier alpha value is -1.74. The fourth-order valence-electron chi connectivity index (χ4n) is 6.16. The van der Waals surface area contributed by atoms with E-state index in [0.717, 1.165) is 129 Å². The molecule has 0 aliphatic heterocycles. The quantitative estimate of drug-likeness (QED) is 0.0285. The number of aliphatic hydroxyl groups is 1. The Morgan fingerprint density at radius 1 is 0.509 bits per heavy atom. The van der Waals surface area contributed by atoms with Crippen LogP contribution in [0.15, 0.2) is 24.3 Å². The molecule has 0 aromatic heterocycles. The van der Waals surface area contributed by atoms with Gasteiger partial charge in [0, 0.05) is 32.6 Å². The molecule has 0 bridgehead atoms. The SMILES string of the molecule is CC/C=C\CCCCOC(CCC(=O)OCCCCCCN(CCO)CCCCCCCCCC(=O)OCCCCCCC)OCCCC/C=C\CC. The molecular formula is C45H85NO7. The Morgan fingerprint density at radius 3 is 1.47 bits per heavy atom. The standard InChI is InChI=1S/C45H85NO7/c1-4-7-10-13-22-30-41-52-45(53-42-31-23-14-11-8-5-2)34-33-44(49)51-40-29-24-20-27-36-46(37-38-47)35-26-19-17-15-16-18-25-32-43(48)50-39-28-21-12-9-6-3/h7-8,10-11,45,47H,4-6,9,12-42H2,1-3H3/b10-7-,11-8-. The molecule has 312 valence electrons. The summed E-state index contributed by atoms with van der Waals surface area (Å²) in [5, 5.41) is 9.53. The van der Waals surface area contributed by atoms with E-state index in [4.69, 9.17) is 18.9 Å². The lowest BCUT2D eigenvalue weighted by Crippen LogP contribution is -2.29. The van der Waals surface area contributed by atoms with Crippen molar-refractivity contribution in [1.29, 1.82) is 0 Å². The average Bonchev–Trinajstić information content (AvgIpc) is 3.16. The van der Waals surface area contributed by atoms with Crippen LogP contribution in [0.3, 0.4) is 0 Å². The molecule has 0 atom stereocenters. The monoisotopic (exact) mass is 752 g/mol. The van der Waals surface area contributed by atoms with Crippen molar-refractivity contribution in [2.45, 2.75) is 200 Å². The summed E-state index contributed by atoms with van der Waals surface area (Å²) >= 11 is 0. The van der Waals surface area contributed by atoms with Gasteiger partial charge in [0.1, 0.15) is 0 Å². The molecular weight excluding hydrogens is 666 g/mol. The highest BCUT2D eigenvalue weighted by molar-refractivity contribution is 5.69. The zero-order valence-electron chi connectivity index (χ0n) is 35.0. The number of nitrogens with zero attached hydrogens (tertiary/aromatic N) is 1. The lowest BCUT2D eigenvalue weighted by molar-refractivity contribution is -0.159. The number of carbonyl (C=O) groups excluding carboxylic acids is 2. The highest BCUT2D eigenvalue weighted by atomic mass is 16.7. The third-order valence-electron chi connectivity index (χ3n) is 9.44. The van der Waals surface area contributed by atoms with E-state index in [-0.39, 0.29) is 24.8 Å². The molecule has 0 saturated carbocycles. The maximum atomic E-state index is 12.5. The fraction of sp³-hybridized carbons (Fsp3) is 0.867. The number of unbranched alkanes of at least 4 members (excludes halogenated alkanes) is 17. The van der Waals surface area contributed by atoms with E-state index < -0.39 is 0 Å². The summed E-state index contributed by atoms with van der Waals surface area (Å²) in [5.41, 5.74) is 0. The molecule has 0 aromatic rings.